The molecule has 0 aromatic heterocycles. The number of alkyl halides is 1. The third-order valence-corrected chi connectivity index (χ3v) is 1.79. The average Bonchev–Trinajstić information content (AvgIpc) is 1.77. The highest BCUT2D eigenvalue weighted by Gasteiger charge is 2.19. The van der Waals surface area contributed by atoms with E-state index in [0.717, 1.165) is 19.3 Å². The minimum Gasteiger partial charge on any atom is -0.247 e. The lowest BCUT2D eigenvalue weighted by Crippen LogP contribution is -2.17. The Hall–Kier alpha value is -0.0700. The van der Waals surface area contributed by atoms with Crippen LogP contribution in [0.5, 0.6) is 0 Å². The Morgan fingerprint density at radius 1 is 1.62 bits per heavy atom. The number of hydrogen-bond acceptors (Lipinski definition) is 0. The van der Waals surface area contributed by atoms with Crippen LogP contribution in [0.4, 0.5) is 4.39 Å². The fourth-order valence-corrected chi connectivity index (χ4v) is 1.10. The van der Waals surface area contributed by atoms with E-state index in [9.17, 15) is 4.39 Å². The monoisotopic (exact) mass is 115 g/mol. The van der Waals surface area contributed by atoms with E-state index >= 15 is 0 Å². The Labute approximate surface area is 50.1 Å². The van der Waals surface area contributed by atoms with E-state index in [1.807, 2.05) is 6.92 Å². The van der Waals surface area contributed by atoms with Gasteiger partial charge in [-0.15, -0.1) is 0 Å². The first-order valence-corrected chi connectivity index (χ1v) is 3.28. The molecule has 2 unspecified atom stereocenters. The van der Waals surface area contributed by atoms with Crippen LogP contribution in [0.1, 0.15) is 26.2 Å². The highest BCUT2D eigenvalue weighted by molar-refractivity contribution is 4.83. The van der Waals surface area contributed by atoms with Crippen LogP contribution in [0.3, 0.4) is 0 Å². The molecule has 47 valence electrons. The van der Waals surface area contributed by atoms with Gasteiger partial charge >= 0.3 is 0 Å². The third kappa shape index (κ3) is 1.21. The molecule has 1 aliphatic carbocycles. The molecular formula is C7H12F. The van der Waals surface area contributed by atoms with E-state index in [0.29, 0.717) is 0 Å². The summed E-state index contributed by atoms with van der Waals surface area (Å²) in [4.78, 5) is 0. The van der Waals surface area contributed by atoms with Gasteiger partial charge in [0.2, 0.25) is 0 Å². The summed E-state index contributed by atoms with van der Waals surface area (Å²) in [7, 11) is 0. The Morgan fingerprint density at radius 3 is 2.75 bits per heavy atom. The van der Waals surface area contributed by atoms with Gasteiger partial charge in [0.05, 0.1) is 0 Å². The standard InChI is InChI=1S/C7H12F/c1-6-4-2-3-5-7(6)8/h4,6-7H,2-3,5H2,1H3. The molecule has 1 fully saturated rings. The maximum atomic E-state index is 12.5. The van der Waals surface area contributed by atoms with E-state index in [1.165, 1.54) is 0 Å². The van der Waals surface area contributed by atoms with Crippen molar-refractivity contribution in [3.05, 3.63) is 6.42 Å². The fourth-order valence-electron chi connectivity index (χ4n) is 1.10. The maximum Gasteiger partial charge on any atom is 0.103 e. The van der Waals surface area contributed by atoms with Gasteiger partial charge in [0.15, 0.2) is 0 Å². The van der Waals surface area contributed by atoms with E-state index in [1.54, 1.807) is 0 Å². The first-order valence-electron chi connectivity index (χ1n) is 3.28. The summed E-state index contributed by atoms with van der Waals surface area (Å²) in [5.74, 6) is 0.212. The second-order valence-electron chi connectivity index (χ2n) is 2.54. The highest BCUT2D eigenvalue weighted by atomic mass is 19.1. The van der Waals surface area contributed by atoms with Crippen molar-refractivity contribution in [2.24, 2.45) is 5.92 Å². The molecule has 0 aliphatic heterocycles. The number of halogens is 1. The smallest absolute Gasteiger partial charge is 0.103 e. The molecular weight excluding hydrogens is 103 g/mol. The zero-order valence-electron chi connectivity index (χ0n) is 5.23. The molecule has 0 heterocycles. The Balaban J connectivity index is 2.28. The minimum atomic E-state index is -0.552. The topological polar surface area (TPSA) is 0 Å². The third-order valence-electron chi connectivity index (χ3n) is 1.79. The molecule has 0 spiro atoms. The molecule has 1 heteroatoms. The summed E-state index contributed by atoms with van der Waals surface area (Å²) in [6, 6.07) is 0. The van der Waals surface area contributed by atoms with Crippen molar-refractivity contribution in [3.8, 4) is 0 Å². The molecule has 8 heavy (non-hydrogen) atoms. The van der Waals surface area contributed by atoms with E-state index in [-0.39, 0.29) is 5.92 Å². The van der Waals surface area contributed by atoms with Crippen molar-refractivity contribution < 1.29 is 4.39 Å². The summed E-state index contributed by atoms with van der Waals surface area (Å²) in [6.07, 6.45) is 4.46. The van der Waals surface area contributed by atoms with Gasteiger partial charge in [-0.05, 0) is 25.2 Å². The van der Waals surface area contributed by atoms with Crippen LogP contribution in [0.2, 0.25) is 0 Å². The molecule has 1 aliphatic rings. The van der Waals surface area contributed by atoms with Crippen LogP contribution in [-0.4, -0.2) is 6.17 Å². The van der Waals surface area contributed by atoms with E-state index in [2.05, 4.69) is 6.42 Å². The predicted molar refractivity (Wildman–Crippen MR) is 32.2 cm³/mol. The molecule has 0 aromatic carbocycles. The Bertz CT molecular complexity index is 60.8. The molecule has 1 saturated carbocycles. The molecule has 0 aromatic rings. The van der Waals surface area contributed by atoms with Gasteiger partial charge in [-0.3, -0.25) is 0 Å². The van der Waals surface area contributed by atoms with Gasteiger partial charge in [0.25, 0.3) is 0 Å². The van der Waals surface area contributed by atoms with Crippen LogP contribution < -0.4 is 0 Å². The zero-order valence-corrected chi connectivity index (χ0v) is 5.23. The predicted octanol–water partition coefficient (Wildman–Crippen LogP) is 2.35. The Morgan fingerprint density at radius 2 is 2.38 bits per heavy atom. The van der Waals surface area contributed by atoms with Gasteiger partial charge in [-0.2, -0.15) is 0 Å². The summed E-state index contributed by atoms with van der Waals surface area (Å²) in [6.45, 7) is 1.95. The van der Waals surface area contributed by atoms with Gasteiger partial charge in [-0.25, -0.2) is 4.39 Å². The average molecular weight is 115 g/mol. The van der Waals surface area contributed by atoms with Gasteiger partial charge in [0.1, 0.15) is 6.17 Å². The van der Waals surface area contributed by atoms with Gasteiger partial charge in [-0.1, -0.05) is 13.3 Å². The van der Waals surface area contributed by atoms with E-state index in [4.69, 9.17) is 0 Å². The maximum absolute atomic E-state index is 12.5. The first-order chi connectivity index (χ1) is 3.80. The van der Waals surface area contributed by atoms with Crippen molar-refractivity contribution in [2.45, 2.75) is 32.4 Å². The molecule has 0 amide bonds. The second kappa shape index (κ2) is 2.47. The molecule has 0 N–H and O–H groups in total. The largest absolute Gasteiger partial charge is 0.247 e. The molecule has 0 bridgehead atoms. The summed E-state index contributed by atoms with van der Waals surface area (Å²) < 4.78 is 12.5. The van der Waals surface area contributed by atoms with E-state index < -0.39 is 6.17 Å². The SMILES string of the molecule is CC1[CH]CCCC1F. The lowest BCUT2D eigenvalue weighted by Gasteiger charge is -2.20. The fraction of sp³-hybridized carbons (Fsp3) is 0.857. The summed E-state index contributed by atoms with van der Waals surface area (Å²) in [5.41, 5.74) is 0. The van der Waals surface area contributed by atoms with Crippen LogP contribution in [-0.2, 0) is 0 Å². The van der Waals surface area contributed by atoms with Crippen LogP contribution in [0, 0.1) is 12.3 Å². The van der Waals surface area contributed by atoms with Crippen LogP contribution >= 0.6 is 0 Å². The number of rotatable bonds is 0. The number of hydrogen-bond donors (Lipinski definition) is 0. The lowest BCUT2D eigenvalue weighted by molar-refractivity contribution is 0.218. The van der Waals surface area contributed by atoms with Gasteiger partial charge in [0, 0.05) is 0 Å². The molecule has 0 saturated heterocycles. The zero-order chi connectivity index (χ0) is 5.98. The molecule has 0 nitrogen and oxygen atoms in total. The van der Waals surface area contributed by atoms with Crippen LogP contribution in [0.15, 0.2) is 0 Å². The minimum absolute atomic E-state index is 0.212. The normalized spacial score (nSPS) is 39.8. The van der Waals surface area contributed by atoms with Crippen molar-refractivity contribution in [3.63, 3.8) is 0 Å². The quantitative estimate of drug-likeness (QED) is 0.454. The highest BCUT2D eigenvalue weighted by Crippen LogP contribution is 2.24. The Kier molecular flexibility index (Phi) is 1.87. The molecule has 2 atom stereocenters. The van der Waals surface area contributed by atoms with Crippen molar-refractivity contribution in [2.75, 3.05) is 0 Å². The lowest BCUT2D eigenvalue weighted by atomic mass is 9.89. The van der Waals surface area contributed by atoms with Crippen LogP contribution in [0.25, 0.3) is 0 Å². The first kappa shape index (κ1) is 6.06. The second-order valence-corrected chi connectivity index (χ2v) is 2.54. The summed E-state index contributed by atoms with van der Waals surface area (Å²) in [5, 5.41) is 0. The van der Waals surface area contributed by atoms with Crippen molar-refractivity contribution in [1.82, 2.24) is 0 Å². The molecule has 1 rings (SSSR count). The van der Waals surface area contributed by atoms with Crippen molar-refractivity contribution in [1.29, 1.82) is 0 Å². The molecule has 1 radical (unpaired) electrons. The van der Waals surface area contributed by atoms with Crippen molar-refractivity contribution >= 4 is 0 Å². The summed E-state index contributed by atoms with van der Waals surface area (Å²) >= 11 is 0. The van der Waals surface area contributed by atoms with Gasteiger partial charge < -0.3 is 0 Å².